The molecule has 0 radical (unpaired) electrons. The molecule has 3 aliphatic heterocycles. The third-order valence-electron chi connectivity index (χ3n) is 13.1. The molecule has 2 aliphatic carbocycles. The zero-order chi connectivity index (χ0) is 42.2. The number of alkyl halides is 3. The summed E-state index contributed by atoms with van der Waals surface area (Å²) in [5.41, 5.74) is 1.85. The first-order valence-electron chi connectivity index (χ1n) is 19.6. The Hall–Kier alpha value is -5.31. The summed E-state index contributed by atoms with van der Waals surface area (Å²) in [6, 6.07) is 20.2. The fourth-order valence-corrected chi connectivity index (χ4v) is 10.8. The minimum Gasteiger partial charge on any atom is -0.505 e. The second-order valence-corrected chi connectivity index (χ2v) is 17.0. The lowest BCUT2D eigenvalue weighted by Crippen LogP contribution is -2.53. The van der Waals surface area contributed by atoms with Crippen LogP contribution in [0.5, 0.6) is 5.75 Å². The van der Waals surface area contributed by atoms with Gasteiger partial charge in [-0.25, -0.2) is 9.37 Å². The lowest BCUT2D eigenvalue weighted by atomic mass is 9.49. The smallest absolute Gasteiger partial charge is 0.417 e. The van der Waals surface area contributed by atoms with Gasteiger partial charge in [-0.2, -0.15) is 18.2 Å². The molecule has 10 nitrogen and oxygen atoms in total. The third-order valence-corrected chi connectivity index (χ3v) is 13.6. The number of rotatable bonds is 7. The zero-order valence-electron chi connectivity index (χ0n) is 31.7. The van der Waals surface area contributed by atoms with E-state index in [4.69, 9.17) is 23.2 Å². The van der Waals surface area contributed by atoms with Gasteiger partial charge >= 0.3 is 6.18 Å². The highest BCUT2D eigenvalue weighted by atomic mass is 35.5. The van der Waals surface area contributed by atoms with Gasteiger partial charge < -0.3 is 5.11 Å². The summed E-state index contributed by atoms with van der Waals surface area (Å²) >= 11 is 12.6. The number of halogens is 6. The number of carbonyl (C=O) groups excluding carboxylic acids is 4. The van der Waals surface area contributed by atoms with Crippen molar-refractivity contribution in [1.82, 2.24) is 19.8 Å². The summed E-state index contributed by atoms with van der Waals surface area (Å²) < 4.78 is 56.0. The van der Waals surface area contributed by atoms with Crippen molar-refractivity contribution in [2.24, 2.45) is 23.7 Å². The van der Waals surface area contributed by atoms with E-state index in [0.717, 1.165) is 24.2 Å². The number of amides is 4. The van der Waals surface area contributed by atoms with Gasteiger partial charge in [0.1, 0.15) is 0 Å². The van der Waals surface area contributed by atoms with Crippen molar-refractivity contribution in [3.05, 3.63) is 135 Å². The Bertz CT molecular complexity index is 2450. The molecule has 4 fully saturated rings. The number of phenolic OH excluding ortho intramolecular Hbond substituents is 1. The van der Waals surface area contributed by atoms with E-state index in [2.05, 4.69) is 27.4 Å². The highest BCUT2D eigenvalue weighted by Crippen LogP contribution is 2.64. The van der Waals surface area contributed by atoms with Crippen LogP contribution in [0, 0.1) is 29.5 Å². The fourth-order valence-electron chi connectivity index (χ4n) is 10.4. The maximum absolute atomic E-state index is 15.4. The van der Waals surface area contributed by atoms with Crippen LogP contribution in [0.2, 0.25) is 10.0 Å². The van der Waals surface area contributed by atoms with E-state index in [1.165, 1.54) is 11.0 Å². The minimum atomic E-state index is -4.77. The Labute approximate surface area is 351 Å². The molecular weight excluding hydrogens is 825 g/mol. The zero-order valence-corrected chi connectivity index (χ0v) is 33.2. The van der Waals surface area contributed by atoms with Crippen LogP contribution in [0.25, 0.3) is 0 Å². The number of imide groups is 2. The lowest BCUT2D eigenvalue weighted by molar-refractivity contribution is -0.144. The van der Waals surface area contributed by atoms with Crippen molar-refractivity contribution in [2.75, 3.05) is 18.5 Å². The first-order valence-corrected chi connectivity index (χ1v) is 20.4. The molecule has 2 N–H and O–H groups in total. The molecular formula is C44H37Cl2F4N5O5. The van der Waals surface area contributed by atoms with Crippen molar-refractivity contribution in [1.29, 1.82) is 0 Å². The van der Waals surface area contributed by atoms with Gasteiger partial charge in [-0.05, 0) is 78.6 Å². The van der Waals surface area contributed by atoms with Gasteiger partial charge in [-0.15, -0.1) is 0 Å². The molecule has 4 heterocycles. The van der Waals surface area contributed by atoms with Gasteiger partial charge in [-0.3, -0.25) is 34.4 Å². The summed E-state index contributed by atoms with van der Waals surface area (Å²) in [6.45, 7) is 2.10. The number of fused-ring (bicyclic) bond motifs is 4. The van der Waals surface area contributed by atoms with E-state index in [1.54, 1.807) is 24.3 Å². The van der Waals surface area contributed by atoms with Crippen molar-refractivity contribution < 1.29 is 41.8 Å². The Morgan fingerprint density at radius 3 is 2.27 bits per heavy atom. The molecule has 1 saturated carbocycles. The number of hydrogen-bond acceptors (Lipinski definition) is 8. The average molecular weight is 863 g/mol. The van der Waals surface area contributed by atoms with Crippen molar-refractivity contribution >= 4 is 52.6 Å². The van der Waals surface area contributed by atoms with Gasteiger partial charge in [-0.1, -0.05) is 83.4 Å². The molecule has 310 valence electrons. The molecule has 60 heavy (non-hydrogen) atoms. The predicted molar refractivity (Wildman–Crippen MR) is 212 cm³/mol. The van der Waals surface area contributed by atoms with Crippen LogP contribution < -0.4 is 5.43 Å². The highest BCUT2D eigenvalue weighted by Gasteiger charge is 2.70. The van der Waals surface area contributed by atoms with E-state index in [-0.39, 0.29) is 36.3 Å². The third kappa shape index (κ3) is 6.45. The normalized spacial score (nSPS) is 27.2. The number of pyridine rings is 1. The molecule has 16 heteroatoms. The number of phenols is 1. The van der Waals surface area contributed by atoms with Gasteiger partial charge in [0, 0.05) is 42.8 Å². The Morgan fingerprint density at radius 1 is 0.883 bits per heavy atom. The number of hydrogen-bond donors (Lipinski definition) is 2. The van der Waals surface area contributed by atoms with Crippen LogP contribution >= 0.6 is 23.2 Å². The van der Waals surface area contributed by atoms with E-state index in [1.807, 2.05) is 24.3 Å². The summed E-state index contributed by atoms with van der Waals surface area (Å²) in [4.78, 5) is 66.8. The summed E-state index contributed by atoms with van der Waals surface area (Å²) in [6.07, 6.45) is -1.19. The van der Waals surface area contributed by atoms with Crippen molar-refractivity contribution in [3.8, 4) is 5.75 Å². The molecule has 5 aliphatic rings. The molecule has 1 aromatic heterocycles. The molecule has 6 atom stereocenters. The predicted octanol–water partition coefficient (Wildman–Crippen LogP) is 7.90. The van der Waals surface area contributed by atoms with E-state index in [0.29, 0.717) is 59.4 Å². The first kappa shape index (κ1) is 40.1. The molecule has 3 aromatic carbocycles. The number of nitrogens with one attached hydrogen (secondary N) is 1. The topological polar surface area (TPSA) is 123 Å². The first-order chi connectivity index (χ1) is 28.7. The monoisotopic (exact) mass is 861 g/mol. The van der Waals surface area contributed by atoms with Crippen LogP contribution in [-0.2, 0) is 37.3 Å². The molecule has 6 unspecified atom stereocenters. The number of carbonyl (C=O) groups is 4. The minimum absolute atomic E-state index is 0.0774. The number of aromatic nitrogens is 1. The molecule has 0 bridgehead atoms. The summed E-state index contributed by atoms with van der Waals surface area (Å²) in [5, 5.41) is 10.8. The molecule has 0 spiro atoms. The Kier molecular flexibility index (Phi) is 10.0. The van der Waals surface area contributed by atoms with Crippen LogP contribution in [0.1, 0.15) is 53.9 Å². The largest absolute Gasteiger partial charge is 0.505 e. The highest BCUT2D eigenvalue weighted by molar-refractivity contribution is 6.33. The molecule has 9 rings (SSSR count). The van der Waals surface area contributed by atoms with Crippen LogP contribution in [0.3, 0.4) is 0 Å². The van der Waals surface area contributed by atoms with Gasteiger partial charge in [0.25, 0.3) is 11.8 Å². The van der Waals surface area contributed by atoms with Crippen molar-refractivity contribution in [3.63, 3.8) is 0 Å². The quantitative estimate of drug-likeness (QED) is 0.109. The molecule has 4 aromatic rings. The van der Waals surface area contributed by atoms with Gasteiger partial charge in [0.2, 0.25) is 11.8 Å². The average Bonchev–Trinajstić information content (AvgIpc) is 3.60. The lowest BCUT2D eigenvalue weighted by Gasteiger charge is -2.50. The molecule has 3 saturated heterocycles. The number of allylic oxidation sites excluding steroid dienone is 2. The van der Waals surface area contributed by atoms with E-state index >= 15 is 9.18 Å². The maximum atomic E-state index is 15.4. The van der Waals surface area contributed by atoms with Crippen LogP contribution in [0.15, 0.2) is 96.7 Å². The number of anilines is 1. The number of piperidine rings is 1. The maximum Gasteiger partial charge on any atom is 0.417 e. The van der Waals surface area contributed by atoms with Crippen molar-refractivity contribution in [2.45, 2.75) is 55.8 Å². The van der Waals surface area contributed by atoms with E-state index in [9.17, 15) is 32.7 Å². The van der Waals surface area contributed by atoms with E-state index < -0.39 is 81.0 Å². The Balaban J connectivity index is 1.11. The Morgan fingerprint density at radius 2 is 1.60 bits per heavy atom. The number of likely N-dealkylation sites (tertiary alicyclic amines) is 2. The fraction of sp³-hybridized carbons (Fsp3) is 0.341. The number of aromatic hydroxyl groups is 1. The molecule has 4 amide bonds. The second-order valence-electron chi connectivity index (χ2n) is 16.2. The van der Waals surface area contributed by atoms with Gasteiger partial charge in [0.05, 0.1) is 33.8 Å². The van der Waals surface area contributed by atoms with Gasteiger partial charge in [0.15, 0.2) is 17.4 Å². The summed E-state index contributed by atoms with van der Waals surface area (Å²) in [7, 11) is 0. The number of hydrazine groups is 1. The number of nitrogens with zero attached hydrogens (tertiary/aromatic N) is 4. The second kappa shape index (κ2) is 15.0. The SMILES string of the molecule is O=C1C2CC3C(=CCC4C(=O)N(C5CCN(Cc6ccccc6)CC5)C(=O)C43)C(c3ccc(O)c(F)c3)C2(c2ccc(Cl)cc2)C(=O)N1Nc1ncc(C(F)(F)F)cc1Cl. The van der Waals surface area contributed by atoms with Crippen LogP contribution in [0.4, 0.5) is 23.4 Å². The van der Waals surface area contributed by atoms with Crippen LogP contribution in [-0.4, -0.2) is 67.7 Å². The summed E-state index contributed by atoms with van der Waals surface area (Å²) in [5.74, 6) is -9.07. The standard InChI is InChI=1S/C44H37Cl2F4N5O5/c45-27-9-7-25(8-10-27)43-32(40(58)55(42(43)60)52-38-33(46)19-26(21-51-38)44(48,49)50)20-31-29(37(43)24-6-13-35(56)34(47)18-24)11-12-30-36(31)41(59)54(39(30)57)28-14-16-53(17-15-28)22-23-4-2-1-3-5-23/h1-11,13,18-19,21,28,30-32,36-37,56H,12,14-17,20,22H2,(H,51,52). The number of benzene rings is 3.